The third-order valence-corrected chi connectivity index (χ3v) is 10.3. The maximum Gasteiger partial charge on any atom is 0.227 e. The van der Waals surface area contributed by atoms with Crippen LogP contribution in [0.1, 0.15) is 0 Å². The summed E-state index contributed by atoms with van der Waals surface area (Å²) in [6.45, 7) is 0. The van der Waals surface area contributed by atoms with E-state index in [1.165, 1.54) is 38.6 Å². The molecule has 0 radical (unpaired) electrons. The van der Waals surface area contributed by atoms with E-state index in [1.807, 2.05) is 6.07 Å². The zero-order valence-corrected chi connectivity index (χ0v) is 29.4. The van der Waals surface area contributed by atoms with Gasteiger partial charge in [-0.05, 0) is 80.6 Å². The fourth-order valence-corrected chi connectivity index (χ4v) is 7.61. The molecule has 1 heterocycles. The first kappa shape index (κ1) is 31.5. The van der Waals surface area contributed by atoms with Crippen molar-refractivity contribution >= 4 is 49.7 Å². The van der Waals surface area contributed by atoms with Gasteiger partial charge >= 0.3 is 0 Å². The van der Waals surface area contributed by atoms with Gasteiger partial charge in [0, 0.05) is 33.8 Å². The van der Waals surface area contributed by atoms with Crippen LogP contribution < -0.4 is 4.90 Å². The van der Waals surface area contributed by atoms with Gasteiger partial charge in [-0.3, -0.25) is 0 Å². The van der Waals surface area contributed by atoms with Gasteiger partial charge in [-0.1, -0.05) is 164 Å². The predicted molar refractivity (Wildman–Crippen MR) is 225 cm³/mol. The maximum absolute atomic E-state index is 6.63. The smallest absolute Gasteiger partial charge is 0.227 e. The van der Waals surface area contributed by atoms with Crippen molar-refractivity contribution in [2.75, 3.05) is 4.90 Å². The average Bonchev–Trinajstić information content (AvgIpc) is 3.69. The van der Waals surface area contributed by atoms with Gasteiger partial charge in [-0.15, -0.1) is 0 Å². The standard InChI is InChI=1S/C51H34N2O/c1-3-12-35(13-4-1)37-22-24-41(25-23-37)51-52-50-47-20-10-9-19-46(47)48(34-49(50)54-51)53(42-30-26-38(27-31-42)36-14-5-2-6-15-36)43-32-28-40(29-33-43)45-21-11-17-39-16-7-8-18-44(39)45/h1-34H. The summed E-state index contributed by atoms with van der Waals surface area (Å²) in [4.78, 5) is 7.42. The molecule has 0 fully saturated rings. The fourth-order valence-electron chi connectivity index (χ4n) is 7.61. The molecule has 0 amide bonds. The van der Waals surface area contributed by atoms with Gasteiger partial charge in [0.15, 0.2) is 5.58 Å². The summed E-state index contributed by atoms with van der Waals surface area (Å²) in [7, 11) is 0. The zero-order valence-electron chi connectivity index (χ0n) is 29.4. The Morgan fingerprint density at radius 1 is 0.370 bits per heavy atom. The van der Waals surface area contributed by atoms with E-state index < -0.39 is 0 Å². The SMILES string of the molecule is c1ccc(-c2ccc(-c3nc4c(cc(N(c5ccc(-c6ccccc6)cc5)c5ccc(-c6cccc7ccccc67)cc5)c5ccccc54)o3)cc2)cc1. The third kappa shape index (κ3) is 5.69. The number of rotatable bonds is 7. The Hall–Kier alpha value is -7.23. The summed E-state index contributed by atoms with van der Waals surface area (Å²) >= 11 is 0. The maximum atomic E-state index is 6.63. The first-order valence-electron chi connectivity index (χ1n) is 18.3. The minimum atomic E-state index is 0.602. The van der Waals surface area contributed by atoms with Crippen LogP contribution in [-0.4, -0.2) is 4.98 Å². The average molecular weight is 691 g/mol. The molecule has 0 saturated carbocycles. The summed E-state index contributed by atoms with van der Waals surface area (Å²) < 4.78 is 6.63. The fraction of sp³-hybridized carbons (Fsp3) is 0. The van der Waals surface area contributed by atoms with Gasteiger partial charge in [0.25, 0.3) is 0 Å². The highest BCUT2D eigenvalue weighted by Gasteiger charge is 2.21. The number of fused-ring (bicyclic) bond motifs is 4. The topological polar surface area (TPSA) is 29.3 Å². The normalized spacial score (nSPS) is 11.3. The molecule has 10 rings (SSSR count). The summed E-state index contributed by atoms with van der Waals surface area (Å²) in [5.41, 5.74) is 12.7. The van der Waals surface area contributed by atoms with Crippen molar-refractivity contribution in [2.24, 2.45) is 0 Å². The van der Waals surface area contributed by atoms with Gasteiger partial charge in [0.05, 0.1) is 5.69 Å². The molecule has 0 unspecified atom stereocenters. The molecule has 0 N–H and O–H groups in total. The minimum Gasteiger partial charge on any atom is -0.436 e. The van der Waals surface area contributed by atoms with E-state index in [2.05, 4.69) is 205 Å². The lowest BCUT2D eigenvalue weighted by Crippen LogP contribution is -2.10. The van der Waals surface area contributed by atoms with Crippen LogP contribution in [0.5, 0.6) is 0 Å². The van der Waals surface area contributed by atoms with Gasteiger partial charge in [0.1, 0.15) is 5.52 Å². The van der Waals surface area contributed by atoms with E-state index in [0.717, 1.165) is 50.1 Å². The Kier molecular flexibility index (Phi) is 7.81. The molecular weight excluding hydrogens is 657 g/mol. The van der Waals surface area contributed by atoms with Gasteiger partial charge in [0.2, 0.25) is 5.89 Å². The summed E-state index contributed by atoms with van der Waals surface area (Å²) in [5, 5.41) is 4.61. The molecule has 0 bridgehead atoms. The van der Waals surface area contributed by atoms with Crippen molar-refractivity contribution in [1.29, 1.82) is 0 Å². The van der Waals surface area contributed by atoms with Gasteiger partial charge < -0.3 is 9.32 Å². The lowest BCUT2D eigenvalue weighted by molar-refractivity contribution is 0.620. The lowest BCUT2D eigenvalue weighted by atomic mass is 9.98. The predicted octanol–water partition coefficient (Wildman–Crippen LogP) is 14.3. The van der Waals surface area contributed by atoms with Crippen LogP contribution >= 0.6 is 0 Å². The second kappa shape index (κ2) is 13.4. The Labute approximate surface area is 314 Å². The number of oxazole rings is 1. The van der Waals surface area contributed by atoms with Crippen molar-refractivity contribution in [2.45, 2.75) is 0 Å². The van der Waals surface area contributed by atoms with Crippen LogP contribution in [0.4, 0.5) is 17.1 Å². The van der Waals surface area contributed by atoms with Crippen molar-refractivity contribution in [3.63, 3.8) is 0 Å². The molecule has 10 aromatic rings. The molecule has 3 heteroatoms. The highest BCUT2D eigenvalue weighted by molar-refractivity contribution is 6.12. The molecule has 0 spiro atoms. The van der Waals surface area contributed by atoms with Crippen LogP contribution in [-0.2, 0) is 0 Å². The van der Waals surface area contributed by atoms with Crippen molar-refractivity contribution in [1.82, 2.24) is 4.98 Å². The van der Waals surface area contributed by atoms with Crippen LogP contribution in [0.15, 0.2) is 211 Å². The lowest BCUT2D eigenvalue weighted by Gasteiger charge is -2.27. The van der Waals surface area contributed by atoms with Crippen molar-refractivity contribution in [3.8, 4) is 44.8 Å². The molecule has 1 aromatic heterocycles. The molecule has 0 aliphatic rings. The second-order valence-corrected chi connectivity index (χ2v) is 13.6. The van der Waals surface area contributed by atoms with Crippen molar-refractivity contribution in [3.05, 3.63) is 206 Å². The largest absolute Gasteiger partial charge is 0.436 e. The molecule has 9 aromatic carbocycles. The first-order chi connectivity index (χ1) is 26.8. The number of hydrogen-bond donors (Lipinski definition) is 0. The molecule has 0 aliphatic heterocycles. The van der Waals surface area contributed by atoms with Gasteiger partial charge in [-0.25, -0.2) is 4.98 Å². The van der Waals surface area contributed by atoms with E-state index >= 15 is 0 Å². The van der Waals surface area contributed by atoms with Gasteiger partial charge in [-0.2, -0.15) is 0 Å². The summed E-state index contributed by atoms with van der Waals surface area (Å²) in [6, 6.07) is 72.8. The van der Waals surface area contributed by atoms with Crippen LogP contribution in [0.25, 0.3) is 77.5 Å². The molecule has 54 heavy (non-hydrogen) atoms. The van der Waals surface area contributed by atoms with E-state index in [1.54, 1.807) is 0 Å². The molecule has 0 aliphatic carbocycles. The number of nitrogens with zero attached hydrogens (tertiary/aromatic N) is 2. The van der Waals surface area contributed by atoms with E-state index in [4.69, 9.17) is 9.40 Å². The minimum absolute atomic E-state index is 0.602. The van der Waals surface area contributed by atoms with Crippen LogP contribution in [0.3, 0.4) is 0 Å². The molecule has 3 nitrogen and oxygen atoms in total. The molecular formula is C51H34N2O. The number of aromatic nitrogens is 1. The number of benzene rings is 9. The van der Waals surface area contributed by atoms with Crippen molar-refractivity contribution < 1.29 is 4.42 Å². The number of anilines is 3. The van der Waals surface area contributed by atoms with Crippen LogP contribution in [0.2, 0.25) is 0 Å². The Balaban J connectivity index is 1.11. The van der Waals surface area contributed by atoms with E-state index in [0.29, 0.717) is 5.89 Å². The summed E-state index contributed by atoms with van der Waals surface area (Å²) in [6.07, 6.45) is 0. The zero-order chi connectivity index (χ0) is 35.8. The highest BCUT2D eigenvalue weighted by atomic mass is 16.3. The number of hydrogen-bond acceptors (Lipinski definition) is 3. The first-order valence-corrected chi connectivity index (χ1v) is 18.3. The van der Waals surface area contributed by atoms with E-state index in [9.17, 15) is 0 Å². The second-order valence-electron chi connectivity index (χ2n) is 13.6. The van der Waals surface area contributed by atoms with E-state index in [-0.39, 0.29) is 0 Å². The molecule has 0 saturated heterocycles. The Morgan fingerprint density at radius 3 is 1.50 bits per heavy atom. The third-order valence-electron chi connectivity index (χ3n) is 10.3. The highest BCUT2D eigenvalue weighted by Crippen LogP contribution is 2.44. The summed E-state index contributed by atoms with van der Waals surface area (Å²) in [5.74, 6) is 0.602. The molecule has 254 valence electrons. The molecule has 0 atom stereocenters. The Morgan fingerprint density at radius 2 is 0.852 bits per heavy atom. The monoisotopic (exact) mass is 690 g/mol. The van der Waals surface area contributed by atoms with Crippen LogP contribution in [0, 0.1) is 0 Å². The Bertz CT molecular complexity index is 2890. The quantitative estimate of drug-likeness (QED) is 0.167.